The van der Waals surface area contributed by atoms with E-state index >= 15 is 0 Å². The van der Waals surface area contributed by atoms with E-state index in [-0.39, 0.29) is 11.9 Å². The summed E-state index contributed by atoms with van der Waals surface area (Å²) in [7, 11) is 1.68. The minimum absolute atomic E-state index is 0.0606. The second kappa shape index (κ2) is 6.75. The van der Waals surface area contributed by atoms with Crippen LogP contribution in [0.3, 0.4) is 0 Å². The number of nitrogens with zero attached hydrogens (tertiary/aromatic N) is 1. The van der Waals surface area contributed by atoms with Crippen molar-refractivity contribution in [1.29, 1.82) is 0 Å². The normalized spacial score (nSPS) is 20.6. The van der Waals surface area contributed by atoms with Crippen molar-refractivity contribution >= 4 is 11.6 Å². The Bertz CT molecular complexity index is 462. The number of anilines is 1. The lowest BCUT2D eigenvalue weighted by Gasteiger charge is -2.38. The van der Waals surface area contributed by atoms with Crippen LogP contribution in [0, 0.1) is 0 Å². The molecule has 1 aliphatic rings. The van der Waals surface area contributed by atoms with Gasteiger partial charge in [0.05, 0.1) is 6.10 Å². The van der Waals surface area contributed by atoms with Gasteiger partial charge in [-0.25, -0.2) is 0 Å². The van der Waals surface area contributed by atoms with Gasteiger partial charge in [-0.2, -0.15) is 0 Å². The second-order valence-electron chi connectivity index (χ2n) is 5.30. The molecule has 0 bridgehead atoms. The maximum absolute atomic E-state index is 12.1. The van der Waals surface area contributed by atoms with Gasteiger partial charge >= 0.3 is 0 Å². The van der Waals surface area contributed by atoms with E-state index in [1.165, 1.54) is 0 Å². The maximum Gasteiger partial charge on any atom is 0.242 e. The molecule has 2 N–H and O–H groups in total. The monoisotopic (exact) mass is 276 g/mol. The molecule has 1 amide bonds. The average Bonchev–Trinajstić information content (AvgIpc) is 2.53. The van der Waals surface area contributed by atoms with Crippen molar-refractivity contribution in [3.05, 3.63) is 29.8 Å². The molecular weight excluding hydrogens is 252 g/mol. The summed E-state index contributed by atoms with van der Waals surface area (Å²) in [6, 6.07) is 7.75. The van der Waals surface area contributed by atoms with Crippen LogP contribution in [-0.2, 0) is 4.79 Å². The first-order chi connectivity index (χ1) is 9.69. The fourth-order valence-corrected chi connectivity index (χ4v) is 2.91. The Morgan fingerprint density at radius 2 is 2.20 bits per heavy atom. The van der Waals surface area contributed by atoms with Gasteiger partial charge in [0.15, 0.2) is 0 Å². The van der Waals surface area contributed by atoms with Crippen LogP contribution >= 0.6 is 0 Å². The molecule has 1 heterocycles. The highest BCUT2D eigenvalue weighted by atomic mass is 16.3. The number of aliphatic hydroxyl groups excluding tert-OH is 1. The zero-order valence-corrected chi connectivity index (χ0v) is 12.3. The second-order valence-corrected chi connectivity index (χ2v) is 5.30. The van der Waals surface area contributed by atoms with Crippen molar-refractivity contribution < 1.29 is 9.90 Å². The van der Waals surface area contributed by atoms with E-state index in [2.05, 4.69) is 10.2 Å². The van der Waals surface area contributed by atoms with Crippen molar-refractivity contribution in [2.45, 2.75) is 44.8 Å². The number of hydrogen-bond donors (Lipinski definition) is 2. The Kier molecular flexibility index (Phi) is 5.01. The molecule has 1 saturated heterocycles. The van der Waals surface area contributed by atoms with Crippen molar-refractivity contribution in [1.82, 2.24) is 5.32 Å². The molecule has 1 aromatic rings. The molecule has 2 unspecified atom stereocenters. The summed E-state index contributed by atoms with van der Waals surface area (Å²) in [5.41, 5.74) is 1.92. The van der Waals surface area contributed by atoms with Crippen LogP contribution in [-0.4, -0.2) is 30.6 Å². The van der Waals surface area contributed by atoms with Gasteiger partial charge in [-0.3, -0.25) is 4.79 Å². The summed E-state index contributed by atoms with van der Waals surface area (Å²) in [4.78, 5) is 14.2. The molecular formula is C16H24N2O2. The molecule has 0 radical (unpaired) electrons. The number of para-hydroxylation sites is 1. The number of likely N-dealkylation sites (N-methyl/N-ethyl adjacent to an activating group) is 1. The predicted octanol–water partition coefficient (Wildman–Crippen LogP) is 2.23. The van der Waals surface area contributed by atoms with Crippen LogP contribution in [0.1, 0.15) is 44.3 Å². The van der Waals surface area contributed by atoms with E-state index in [1.807, 2.05) is 31.2 Å². The average molecular weight is 276 g/mol. The number of amides is 1. The maximum atomic E-state index is 12.1. The SMILES string of the molecule is CCC(O)c1ccccc1N1CCCCC1C(=O)NC. The van der Waals surface area contributed by atoms with E-state index in [9.17, 15) is 9.90 Å². The molecule has 4 nitrogen and oxygen atoms in total. The number of nitrogens with one attached hydrogen (secondary N) is 1. The van der Waals surface area contributed by atoms with Gasteiger partial charge < -0.3 is 15.3 Å². The Hall–Kier alpha value is -1.55. The quantitative estimate of drug-likeness (QED) is 0.886. The summed E-state index contributed by atoms with van der Waals surface area (Å²) in [5, 5.41) is 12.9. The molecule has 0 aromatic heterocycles. The van der Waals surface area contributed by atoms with Gasteiger partial charge in [-0.05, 0) is 31.7 Å². The fourth-order valence-electron chi connectivity index (χ4n) is 2.91. The highest BCUT2D eigenvalue weighted by Gasteiger charge is 2.30. The summed E-state index contributed by atoms with van der Waals surface area (Å²) in [6.45, 7) is 2.83. The third-order valence-electron chi connectivity index (χ3n) is 4.04. The van der Waals surface area contributed by atoms with Gasteiger partial charge in [0.25, 0.3) is 0 Å². The van der Waals surface area contributed by atoms with E-state index in [0.29, 0.717) is 6.42 Å². The van der Waals surface area contributed by atoms with Crippen LogP contribution in [0.4, 0.5) is 5.69 Å². The fraction of sp³-hybridized carbons (Fsp3) is 0.562. The van der Waals surface area contributed by atoms with Crippen LogP contribution in [0.2, 0.25) is 0 Å². The third-order valence-corrected chi connectivity index (χ3v) is 4.04. The van der Waals surface area contributed by atoms with E-state index in [1.54, 1.807) is 7.05 Å². The van der Waals surface area contributed by atoms with Crippen molar-refractivity contribution in [2.24, 2.45) is 0 Å². The lowest BCUT2D eigenvalue weighted by atomic mass is 9.97. The minimum atomic E-state index is -0.474. The van der Waals surface area contributed by atoms with Crippen molar-refractivity contribution in [3.63, 3.8) is 0 Å². The van der Waals surface area contributed by atoms with Crippen molar-refractivity contribution in [3.8, 4) is 0 Å². The van der Waals surface area contributed by atoms with Crippen LogP contribution < -0.4 is 10.2 Å². The van der Waals surface area contributed by atoms with Gasteiger partial charge in [0, 0.05) is 24.8 Å². The number of rotatable bonds is 4. The van der Waals surface area contributed by atoms with Gasteiger partial charge in [-0.1, -0.05) is 25.1 Å². The molecule has 20 heavy (non-hydrogen) atoms. The lowest BCUT2D eigenvalue weighted by Crippen LogP contribution is -2.49. The first-order valence-electron chi connectivity index (χ1n) is 7.44. The first-order valence-corrected chi connectivity index (χ1v) is 7.44. The number of aliphatic hydroxyl groups is 1. The van der Waals surface area contributed by atoms with E-state index < -0.39 is 6.10 Å². The Morgan fingerprint density at radius 3 is 2.90 bits per heavy atom. The Morgan fingerprint density at radius 1 is 1.45 bits per heavy atom. The summed E-state index contributed by atoms with van der Waals surface area (Å²) < 4.78 is 0. The largest absolute Gasteiger partial charge is 0.388 e. The molecule has 0 aliphatic carbocycles. The highest BCUT2D eigenvalue weighted by molar-refractivity contribution is 5.85. The van der Waals surface area contributed by atoms with E-state index in [0.717, 1.165) is 37.1 Å². The standard InChI is InChI=1S/C16H24N2O2/c1-3-15(19)12-8-4-5-9-13(12)18-11-7-6-10-14(18)16(20)17-2/h4-5,8-9,14-15,19H,3,6-7,10-11H2,1-2H3,(H,17,20). The predicted molar refractivity (Wildman–Crippen MR) is 80.7 cm³/mol. The number of hydrogen-bond acceptors (Lipinski definition) is 3. The number of piperidine rings is 1. The zero-order valence-electron chi connectivity index (χ0n) is 12.3. The van der Waals surface area contributed by atoms with Gasteiger partial charge in [-0.15, -0.1) is 0 Å². The molecule has 0 spiro atoms. The third kappa shape index (κ3) is 2.96. The van der Waals surface area contributed by atoms with Crippen LogP contribution in [0.15, 0.2) is 24.3 Å². The minimum Gasteiger partial charge on any atom is -0.388 e. The summed E-state index contributed by atoms with van der Waals surface area (Å²) in [6.07, 6.45) is 3.24. The molecule has 4 heteroatoms. The van der Waals surface area contributed by atoms with Gasteiger partial charge in [0.2, 0.25) is 5.91 Å². The molecule has 0 saturated carbocycles. The topological polar surface area (TPSA) is 52.6 Å². The number of carbonyl (C=O) groups excluding carboxylic acids is 1. The highest BCUT2D eigenvalue weighted by Crippen LogP contribution is 2.32. The molecule has 2 rings (SSSR count). The number of carbonyl (C=O) groups is 1. The Labute approximate surface area is 120 Å². The van der Waals surface area contributed by atoms with Crippen LogP contribution in [0.5, 0.6) is 0 Å². The van der Waals surface area contributed by atoms with Crippen LogP contribution in [0.25, 0.3) is 0 Å². The van der Waals surface area contributed by atoms with Crippen molar-refractivity contribution in [2.75, 3.05) is 18.5 Å². The zero-order chi connectivity index (χ0) is 14.5. The molecule has 1 aliphatic heterocycles. The first kappa shape index (κ1) is 14.9. The number of benzene rings is 1. The Balaban J connectivity index is 2.35. The molecule has 110 valence electrons. The molecule has 2 atom stereocenters. The van der Waals surface area contributed by atoms with Gasteiger partial charge in [0.1, 0.15) is 6.04 Å². The lowest BCUT2D eigenvalue weighted by molar-refractivity contribution is -0.122. The smallest absolute Gasteiger partial charge is 0.242 e. The van der Waals surface area contributed by atoms with E-state index in [4.69, 9.17) is 0 Å². The summed E-state index contributed by atoms with van der Waals surface area (Å²) in [5.74, 6) is 0.0606. The molecule has 1 aromatic carbocycles. The summed E-state index contributed by atoms with van der Waals surface area (Å²) >= 11 is 0. The molecule has 1 fully saturated rings.